The van der Waals surface area contributed by atoms with Crippen molar-refractivity contribution in [2.24, 2.45) is 5.92 Å². The SMILES string of the molecule is O=C(NCCC(=O)N1CCC(C(=O)Nc2ccccc2)CC1)c1ccccc1. The molecule has 2 N–H and O–H groups in total. The third-order valence-corrected chi connectivity index (χ3v) is 4.92. The first kappa shape index (κ1) is 19.6. The molecule has 2 aromatic rings. The van der Waals surface area contributed by atoms with Crippen LogP contribution in [0, 0.1) is 5.92 Å². The minimum absolute atomic E-state index is 0.00780. The first-order chi connectivity index (χ1) is 13.6. The lowest BCUT2D eigenvalue weighted by Gasteiger charge is -2.31. The van der Waals surface area contributed by atoms with Crippen LogP contribution in [0.5, 0.6) is 0 Å². The van der Waals surface area contributed by atoms with Crippen LogP contribution in [0.15, 0.2) is 60.7 Å². The molecule has 28 heavy (non-hydrogen) atoms. The van der Waals surface area contributed by atoms with Crippen LogP contribution < -0.4 is 10.6 Å². The Morgan fingerprint density at radius 1 is 0.893 bits per heavy atom. The number of hydrogen-bond donors (Lipinski definition) is 2. The van der Waals surface area contributed by atoms with Crippen LogP contribution >= 0.6 is 0 Å². The monoisotopic (exact) mass is 379 g/mol. The average molecular weight is 379 g/mol. The summed E-state index contributed by atoms with van der Waals surface area (Å²) in [5.74, 6) is -0.240. The first-order valence-electron chi connectivity index (χ1n) is 9.60. The van der Waals surface area contributed by atoms with E-state index in [1.807, 2.05) is 36.4 Å². The number of nitrogens with one attached hydrogen (secondary N) is 2. The van der Waals surface area contributed by atoms with Gasteiger partial charge in [-0.15, -0.1) is 0 Å². The fourth-order valence-corrected chi connectivity index (χ4v) is 3.29. The minimum atomic E-state index is -0.176. The van der Waals surface area contributed by atoms with Crippen molar-refractivity contribution < 1.29 is 14.4 Å². The molecule has 3 amide bonds. The highest BCUT2D eigenvalue weighted by atomic mass is 16.2. The zero-order chi connectivity index (χ0) is 19.8. The maximum Gasteiger partial charge on any atom is 0.251 e. The number of hydrogen-bond acceptors (Lipinski definition) is 3. The zero-order valence-electron chi connectivity index (χ0n) is 15.8. The molecule has 0 aromatic heterocycles. The summed E-state index contributed by atoms with van der Waals surface area (Å²) in [7, 11) is 0. The van der Waals surface area contributed by atoms with Gasteiger partial charge in [0.2, 0.25) is 11.8 Å². The molecule has 3 rings (SSSR count). The van der Waals surface area contributed by atoms with Crippen molar-refractivity contribution in [3.8, 4) is 0 Å². The van der Waals surface area contributed by atoms with Crippen LogP contribution in [0.2, 0.25) is 0 Å². The molecule has 0 spiro atoms. The molecule has 0 aliphatic carbocycles. The lowest BCUT2D eigenvalue weighted by Crippen LogP contribution is -2.42. The van der Waals surface area contributed by atoms with Crippen LogP contribution in [0.4, 0.5) is 5.69 Å². The molecule has 1 aliphatic heterocycles. The summed E-state index contributed by atoms with van der Waals surface area (Å²) in [5.41, 5.74) is 1.38. The van der Waals surface area contributed by atoms with Gasteiger partial charge in [-0.2, -0.15) is 0 Å². The second kappa shape index (κ2) is 9.69. The number of para-hydroxylation sites is 1. The third kappa shape index (κ3) is 5.42. The molecule has 1 saturated heterocycles. The summed E-state index contributed by atoms with van der Waals surface area (Å²) in [6.07, 6.45) is 1.57. The van der Waals surface area contributed by atoms with E-state index in [-0.39, 0.29) is 30.1 Å². The van der Waals surface area contributed by atoms with Crippen LogP contribution in [0.1, 0.15) is 29.6 Å². The number of amides is 3. The molecule has 0 bridgehead atoms. The Hall–Kier alpha value is -3.15. The van der Waals surface area contributed by atoms with Gasteiger partial charge in [-0.1, -0.05) is 36.4 Å². The van der Waals surface area contributed by atoms with Gasteiger partial charge in [0.1, 0.15) is 0 Å². The molecule has 6 heteroatoms. The predicted octanol–water partition coefficient (Wildman–Crippen LogP) is 2.68. The number of rotatable bonds is 6. The van der Waals surface area contributed by atoms with Crippen LogP contribution in [0.25, 0.3) is 0 Å². The van der Waals surface area contributed by atoms with Gasteiger partial charge in [0.15, 0.2) is 0 Å². The van der Waals surface area contributed by atoms with Crippen LogP contribution in [-0.2, 0) is 9.59 Å². The van der Waals surface area contributed by atoms with Crippen molar-refractivity contribution >= 4 is 23.4 Å². The molecular formula is C22H25N3O3. The highest BCUT2D eigenvalue weighted by Crippen LogP contribution is 2.20. The molecule has 2 aromatic carbocycles. The topological polar surface area (TPSA) is 78.5 Å². The summed E-state index contributed by atoms with van der Waals surface area (Å²) in [6, 6.07) is 18.3. The molecule has 0 radical (unpaired) electrons. The molecule has 1 heterocycles. The van der Waals surface area contributed by atoms with Gasteiger partial charge in [-0.25, -0.2) is 0 Å². The van der Waals surface area contributed by atoms with Gasteiger partial charge < -0.3 is 15.5 Å². The summed E-state index contributed by atoms with van der Waals surface area (Å²) < 4.78 is 0. The maximum atomic E-state index is 12.4. The molecule has 1 aliphatic rings. The van der Waals surface area contributed by atoms with E-state index in [0.717, 1.165) is 5.69 Å². The number of nitrogens with zero attached hydrogens (tertiary/aromatic N) is 1. The number of benzene rings is 2. The van der Waals surface area contributed by atoms with Crippen LogP contribution in [-0.4, -0.2) is 42.3 Å². The highest BCUT2D eigenvalue weighted by molar-refractivity contribution is 5.94. The predicted molar refractivity (Wildman–Crippen MR) is 108 cm³/mol. The summed E-state index contributed by atoms with van der Waals surface area (Å²) in [6.45, 7) is 1.44. The molecule has 6 nitrogen and oxygen atoms in total. The van der Waals surface area contributed by atoms with Gasteiger partial charge in [-0.3, -0.25) is 14.4 Å². The number of carbonyl (C=O) groups is 3. The molecule has 0 unspecified atom stereocenters. The van der Waals surface area contributed by atoms with Crippen LogP contribution in [0.3, 0.4) is 0 Å². The highest BCUT2D eigenvalue weighted by Gasteiger charge is 2.27. The van der Waals surface area contributed by atoms with E-state index in [1.54, 1.807) is 29.2 Å². The molecular weight excluding hydrogens is 354 g/mol. The Balaban J connectivity index is 1.38. The summed E-state index contributed by atoms with van der Waals surface area (Å²) >= 11 is 0. The Morgan fingerprint density at radius 3 is 2.14 bits per heavy atom. The van der Waals surface area contributed by atoms with E-state index in [1.165, 1.54) is 0 Å². The Morgan fingerprint density at radius 2 is 1.50 bits per heavy atom. The quantitative estimate of drug-likeness (QED) is 0.810. The normalized spacial score (nSPS) is 14.4. The van der Waals surface area contributed by atoms with Crippen molar-refractivity contribution in [3.63, 3.8) is 0 Å². The number of carbonyl (C=O) groups excluding carboxylic acids is 3. The second-order valence-electron chi connectivity index (χ2n) is 6.88. The van der Waals surface area contributed by atoms with E-state index in [2.05, 4.69) is 10.6 Å². The number of anilines is 1. The maximum absolute atomic E-state index is 12.4. The number of piperidine rings is 1. The molecule has 146 valence electrons. The number of likely N-dealkylation sites (tertiary alicyclic amines) is 1. The van der Waals surface area contributed by atoms with Crippen molar-refractivity contribution in [1.82, 2.24) is 10.2 Å². The van der Waals surface area contributed by atoms with E-state index in [0.29, 0.717) is 38.0 Å². The Labute approximate surface area is 164 Å². The van der Waals surface area contributed by atoms with E-state index < -0.39 is 0 Å². The van der Waals surface area contributed by atoms with Gasteiger partial charge in [0.05, 0.1) is 0 Å². The fourth-order valence-electron chi connectivity index (χ4n) is 3.29. The first-order valence-corrected chi connectivity index (χ1v) is 9.60. The zero-order valence-corrected chi connectivity index (χ0v) is 15.8. The fraction of sp³-hybridized carbons (Fsp3) is 0.318. The van der Waals surface area contributed by atoms with E-state index in [4.69, 9.17) is 0 Å². The Bertz CT molecular complexity index is 800. The second-order valence-corrected chi connectivity index (χ2v) is 6.88. The van der Waals surface area contributed by atoms with Crippen molar-refractivity contribution in [2.45, 2.75) is 19.3 Å². The van der Waals surface area contributed by atoms with E-state index in [9.17, 15) is 14.4 Å². The lowest BCUT2D eigenvalue weighted by atomic mass is 9.95. The summed E-state index contributed by atoms with van der Waals surface area (Å²) in [4.78, 5) is 38.5. The molecule has 1 fully saturated rings. The third-order valence-electron chi connectivity index (χ3n) is 4.92. The standard InChI is InChI=1S/C22H25N3O3/c26-20(11-14-23-21(27)17-7-3-1-4-8-17)25-15-12-18(13-16-25)22(28)24-19-9-5-2-6-10-19/h1-10,18H,11-16H2,(H,23,27)(H,24,28). The molecule has 0 atom stereocenters. The lowest BCUT2D eigenvalue weighted by molar-refractivity contribution is -0.134. The molecule has 0 saturated carbocycles. The van der Waals surface area contributed by atoms with Crippen molar-refractivity contribution in [2.75, 3.05) is 25.0 Å². The largest absolute Gasteiger partial charge is 0.352 e. The van der Waals surface area contributed by atoms with E-state index >= 15 is 0 Å². The van der Waals surface area contributed by atoms with Crippen molar-refractivity contribution in [1.29, 1.82) is 0 Å². The smallest absolute Gasteiger partial charge is 0.251 e. The minimum Gasteiger partial charge on any atom is -0.352 e. The van der Waals surface area contributed by atoms with Gasteiger partial charge in [0, 0.05) is 43.2 Å². The van der Waals surface area contributed by atoms with Gasteiger partial charge >= 0.3 is 0 Å². The van der Waals surface area contributed by atoms with Crippen molar-refractivity contribution in [3.05, 3.63) is 66.2 Å². The van der Waals surface area contributed by atoms with Gasteiger partial charge in [-0.05, 0) is 37.1 Å². The Kier molecular flexibility index (Phi) is 6.78. The van der Waals surface area contributed by atoms with Gasteiger partial charge in [0.25, 0.3) is 5.91 Å². The summed E-state index contributed by atoms with van der Waals surface area (Å²) in [5, 5.41) is 5.70. The average Bonchev–Trinajstić information content (AvgIpc) is 2.75.